The first-order chi connectivity index (χ1) is 8.33. The third kappa shape index (κ3) is 3.49. The monoisotopic (exact) mass is 253 g/mol. The molecule has 0 aromatic carbocycles. The van der Waals surface area contributed by atoms with Gasteiger partial charge in [-0.1, -0.05) is 12.8 Å². The molecule has 0 aliphatic heterocycles. The van der Waals surface area contributed by atoms with Crippen LogP contribution in [0.25, 0.3) is 0 Å². The summed E-state index contributed by atoms with van der Waals surface area (Å²) in [5, 5.41) is 8.09. The molecule has 0 spiro atoms. The fourth-order valence-corrected chi connectivity index (χ4v) is 3.24. The summed E-state index contributed by atoms with van der Waals surface area (Å²) in [6.07, 6.45) is 10.7. The molecule has 1 N–H and O–H groups in total. The lowest BCUT2D eigenvalue weighted by Gasteiger charge is -2.13. The van der Waals surface area contributed by atoms with Crippen LogP contribution in [-0.2, 0) is 6.42 Å². The second-order valence-corrected chi connectivity index (χ2v) is 5.78. The summed E-state index contributed by atoms with van der Waals surface area (Å²) >= 11 is 1.89. The lowest BCUT2D eigenvalue weighted by molar-refractivity contribution is 0.460. The van der Waals surface area contributed by atoms with E-state index in [0.29, 0.717) is 12.1 Å². The number of nitrogens with zero attached hydrogens (tertiary/aromatic N) is 2. The molecule has 4 heteroatoms. The fraction of sp³-hybridized carbons (Fsp3) is 0.769. The van der Waals surface area contributed by atoms with Crippen LogP contribution < -0.4 is 5.32 Å². The fourth-order valence-electron chi connectivity index (χ4n) is 2.56. The molecule has 0 radical (unpaired) electrons. The van der Waals surface area contributed by atoms with Crippen molar-refractivity contribution in [2.45, 2.75) is 44.2 Å². The molecular formula is C13H23N3S. The summed E-state index contributed by atoms with van der Waals surface area (Å²) in [5.74, 6) is 1.15. The van der Waals surface area contributed by atoms with Crippen molar-refractivity contribution in [2.24, 2.45) is 0 Å². The van der Waals surface area contributed by atoms with Crippen LogP contribution in [0.2, 0.25) is 0 Å². The molecular weight excluding hydrogens is 230 g/mol. The molecule has 2 rings (SSSR count). The number of nitrogens with one attached hydrogen (secondary N) is 1. The highest BCUT2D eigenvalue weighted by molar-refractivity contribution is 7.98. The van der Waals surface area contributed by atoms with Gasteiger partial charge in [-0.25, -0.2) is 0 Å². The molecule has 0 saturated heterocycles. The Morgan fingerprint density at radius 3 is 2.94 bits per heavy atom. The summed E-state index contributed by atoms with van der Waals surface area (Å²) < 4.78 is 2.19. The zero-order valence-electron chi connectivity index (χ0n) is 10.9. The van der Waals surface area contributed by atoms with Gasteiger partial charge >= 0.3 is 0 Å². The third-order valence-electron chi connectivity index (χ3n) is 3.59. The Morgan fingerprint density at radius 1 is 1.53 bits per heavy atom. The molecule has 1 aromatic heterocycles. The number of likely N-dealkylation sites (N-methyl/N-ethyl adjacent to an activating group) is 1. The number of aromatic nitrogens is 2. The Kier molecular flexibility index (Phi) is 4.92. The van der Waals surface area contributed by atoms with Crippen molar-refractivity contribution in [3.8, 4) is 0 Å². The van der Waals surface area contributed by atoms with Crippen LogP contribution in [0.5, 0.6) is 0 Å². The molecule has 1 aliphatic carbocycles. The predicted molar refractivity (Wildman–Crippen MR) is 74.7 cm³/mol. The molecule has 1 saturated carbocycles. The van der Waals surface area contributed by atoms with Crippen molar-refractivity contribution in [3.05, 3.63) is 18.0 Å². The summed E-state index contributed by atoms with van der Waals surface area (Å²) in [6, 6.07) is 3.39. The van der Waals surface area contributed by atoms with E-state index in [9.17, 15) is 0 Å². The normalized spacial score (nSPS) is 18.7. The molecule has 3 nitrogen and oxygen atoms in total. The molecule has 1 aliphatic rings. The summed E-state index contributed by atoms with van der Waals surface area (Å²) in [6.45, 7) is 0. The average Bonchev–Trinajstić information content (AvgIpc) is 2.98. The average molecular weight is 253 g/mol. The Labute approximate surface area is 108 Å². The van der Waals surface area contributed by atoms with Gasteiger partial charge < -0.3 is 5.32 Å². The van der Waals surface area contributed by atoms with Gasteiger partial charge in [-0.2, -0.15) is 16.9 Å². The second kappa shape index (κ2) is 6.45. The van der Waals surface area contributed by atoms with Crippen molar-refractivity contribution in [1.82, 2.24) is 15.1 Å². The predicted octanol–water partition coefficient (Wildman–Crippen LogP) is 2.49. The molecule has 1 unspecified atom stereocenters. The van der Waals surface area contributed by atoms with Gasteiger partial charge in [-0.3, -0.25) is 4.68 Å². The molecule has 1 aromatic rings. The van der Waals surface area contributed by atoms with E-state index in [1.54, 1.807) is 0 Å². The van der Waals surface area contributed by atoms with Crippen LogP contribution in [0.3, 0.4) is 0 Å². The number of rotatable bonds is 6. The zero-order chi connectivity index (χ0) is 12.1. The summed E-state index contributed by atoms with van der Waals surface area (Å²) in [5.41, 5.74) is 1.23. The van der Waals surface area contributed by atoms with Crippen molar-refractivity contribution < 1.29 is 0 Å². The van der Waals surface area contributed by atoms with E-state index in [0.717, 1.165) is 12.2 Å². The van der Waals surface area contributed by atoms with Gasteiger partial charge in [0.1, 0.15) is 0 Å². The van der Waals surface area contributed by atoms with E-state index in [4.69, 9.17) is 5.10 Å². The highest BCUT2D eigenvalue weighted by atomic mass is 32.2. The van der Waals surface area contributed by atoms with Crippen molar-refractivity contribution in [3.63, 3.8) is 0 Å². The van der Waals surface area contributed by atoms with E-state index in [-0.39, 0.29) is 0 Å². The van der Waals surface area contributed by atoms with Crippen LogP contribution in [0, 0.1) is 0 Å². The molecule has 96 valence electrons. The standard InChI is InChI=1S/C13H23N3S/c1-14-12(10-17-2)9-11-7-8-16(15-11)13-5-3-4-6-13/h7-8,12-14H,3-6,9-10H2,1-2H3. The SMILES string of the molecule is CNC(CSC)Cc1ccn(C2CCCC2)n1. The van der Waals surface area contributed by atoms with Crippen molar-refractivity contribution >= 4 is 11.8 Å². The molecule has 1 atom stereocenters. The maximum absolute atomic E-state index is 4.73. The molecule has 1 fully saturated rings. The topological polar surface area (TPSA) is 29.9 Å². The van der Waals surface area contributed by atoms with E-state index < -0.39 is 0 Å². The van der Waals surface area contributed by atoms with E-state index in [1.807, 2.05) is 18.8 Å². The minimum atomic E-state index is 0.539. The van der Waals surface area contributed by atoms with Crippen LogP contribution in [0.4, 0.5) is 0 Å². The number of hydrogen-bond acceptors (Lipinski definition) is 3. The van der Waals surface area contributed by atoms with Crippen LogP contribution in [0.15, 0.2) is 12.3 Å². The zero-order valence-corrected chi connectivity index (χ0v) is 11.7. The first-order valence-electron chi connectivity index (χ1n) is 6.53. The van der Waals surface area contributed by atoms with Crippen LogP contribution in [0.1, 0.15) is 37.4 Å². The Bertz CT molecular complexity index is 331. The summed E-state index contributed by atoms with van der Waals surface area (Å²) in [7, 11) is 2.04. The van der Waals surface area contributed by atoms with Gasteiger partial charge in [0.15, 0.2) is 0 Å². The molecule has 0 amide bonds. The molecule has 17 heavy (non-hydrogen) atoms. The third-order valence-corrected chi connectivity index (χ3v) is 4.33. The van der Waals surface area contributed by atoms with Crippen LogP contribution in [-0.4, -0.2) is 34.9 Å². The highest BCUT2D eigenvalue weighted by Gasteiger charge is 2.18. The first kappa shape index (κ1) is 13.0. The summed E-state index contributed by atoms with van der Waals surface area (Å²) in [4.78, 5) is 0. The Hall–Kier alpha value is -0.480. The molecule has 1 heterocycles. The second-order valence-electron chi connectivity index (χ2n) is 4.87. The Morgan fingerprint density at radius 2 is 2.29 bits per heavy atom. The van der Waals surface area contributed by atoms with Crippen LogP contribution >= 0.6 is 11.8 Å². The number of hydrogen-bond donors (Lipinski definition) is 1. The maximum atomic E-state index is 4.73. The van der Waals surface area contributed by atoms with E-state index >= 15 is 0 Å². The van der Waals surface area contributed by atoms with Gasteiger partial charge in [-0.15, -0.1) is 0 Å². The maximum Gasteiger partial charge on any atom is 0.0640 e. The van der Waals surface area contributed by atoms with E-state index in [1.165, 1.54) is 31.4 Å². The van der Waals surface area contributed by atoms with Crippen molar-refractivity contribution in [2.75, 3.05) is 19.1 Å². The van der Waals surface area contributed by atoms with Crippen molar-refractivity contribution in [1.29, 1.82) is 0 Å². The minimum Gasteiger partial charge on any atom is -0.316 e. The van der Waals surface area contributed by atoms with E-state index in [2.05, 4.69) is 28.5 Å². The number of thioether (sulfide) groups is 1. The lowest BCUT2D eigenvalue weighted by atomic mass is 10.2. The largest absolute Gasteiger partial charge is 0.316 e. The quantitative estimate of drug-likeness (QED) is 0.845. The van der Waals surface area contributed by atoms with Gasteiger partial charge in [0.25, 0.3) is 0 Å². The smallest absolute Gasteiger partial charge is 0.0640 e. The van der Waals surface area contributed by atoms with Gasteiger partial charge in [0.05, 0.1) is 11.7 Å². The first-order valence-corrected chi connectivity index (χ1v) is 7.93. The minimum absolute atomic E-state index is 0.539. The highest BCUT2D eigenvalue weighted by Crippen LogP contribution is 2.28. The molecule has 0 bridgehead atoms. The van der Waals surface area contributed by atoms with Gasteiger partial charge in [-0.05, 0) is 32.2 Å². The lowest BCUT2D eigenvalue weighted by Crippen LogP contribution is -2.30. The van der Waals surface area contributed by atoms with Gasteiger partial charge in [0.2, 0.25) is 0 Å². The Balaban J connectivity index is 1.92. The van der Waals surface area contributed by atoms with Gasteiger partial charge in [0, 0.05) is 24.4 Å².